The van der Waals surface area contributed by atoms with E-state index in [0.29, 0.717) is 0 Å². The van der Waals surface area contributed by atoms with Crippen LogP contribution < -0.4 is 0 Å². The summed E-state index contributed by atoms with van der Waals surface area (Å²) >= 11 is 1.36. The second-order valence-electron chi connectivity index (χ2n) is 4.31. The monoisotopic (exact) mass is 418 g/mol. The molecule has 0 aliphatic carbocycles. The first-order valence-electron chi connectivity index (χ1n) is 6.39. The van der Waals surface area contributed by atoms with Crippen molar-refractivity contribution in [2.75, 3.05) is 0 Å². The molecule has 24 heavy (non-hydrogen) atoms. The van der Waals surface area contributed by atoms with Crippen LogP contribution in [0.25, 0.3) is 21.5 Å². The second-order valence-corrected chi connectivity index (χ2v) is 4.31. The quantitative estimate of drug-likeness (QED) is 0.244. The fourth-order valence-corrected chi connectivity index (χ4v) is 2.14. The first-order valence-corrected chi connectivity index (χ1v) is 10.6. The maximum absolute atomic E-state index is 3.06. The van der Waals surface area contributed by atoms with E-state index in [1.54, 1.807) is 0 Å². The van der Waals surface area contributed by atoms with Crippen molar-refractivity contribution in [1.82, 2.24) is 0 Å². The van der Waals surface area contributed by atoms with Crippen LogP contribution in [0.2, 0.25) is 0 Å². The Morgan fingerprint density at radius 1 is 0.583 bits per heavy atom. The molecule has 0 saturated heterocycles. The van der Waals surface area contributed by atoms with E-state index in [0.717, 1.165) is 0 Å². The molecule has 0 N–H and O–H groups in total. The van der Waals surface area contributed by atoms with E-state index in [1.807, 2.05) is 0 Å². The molecule has 0 unspecified atom stereocenters. The van der Waals surface area contributed by atoms with Gasteiger partial charge in [0.15, 0.2) is 0 Å². The zero-order valence-electron chi connectivity index (χ0n) is 13.9. The summed E-state index contributed by atoms with van der Waals surface area (Å²) in [4.78, 5) is 0. The molecule has 0 saturated carbocycles. The molecule has 4 aromatic carbocycles. The Labute approximate surface area is 160 Å². The van der Waals surface area contributed by atoms with Crippen LogP contribution in [0.1, 0.15) is 0 Å². The zero-order chi connectivity index (χ0) is 14.2. The van der Waals surface area contributed by atoms with Gasteiger partial charge >= 0.3 is 30.2 Å². The molecule has 0 heterocycles. The van der Waals surface area contributed by atoms with Gasteiger partial charge in [0.05, 0.1) is 0 Å². The summed E-state index contributed by atoms with van der Waals surface area (Å²) in [5.41, 5.74) is 0. The summed E-state index contributed by atoms with van der Waals surface area (Å²) in [7, 11) is 0. The van der Waals surface area contributed by atoms with Crippen molar-refractivity contribution < 1.29 is 32.7 Å². The molecule has 4 rings (SSSR count). The Morgan fingerprint density at radius 3 is 1.25 bits per heavy atom. The fraction of sp³-hybridized carbons (Fsp3) is 0. The topological polar surface area (TPSA) is 0 Å². The average Bonchev–Trinajstić information content (AvgIpc) is 3.18. The van der Waals surface area contributed by atoms with Crippen LogP contribution in [0.4, 0.5) is 9.41 Å². The summed E-state index contributed by atoms with van der Waals surface area (Å²) < 4.78 is 0. The smallest absolute Gasteiger partial charge is 0.0809 e. The van der Waals surface area contributed by atoms with Crippen molar-refractivity contribution in [1.29, 1.82) is 0 Å². The molecule has 0 aliphatic heterocycles. The van der Waals surface area contributed by atoms with E-state index in [9.17, 15) is 0 Å². The van der Waals surface area contributed by atoms with Gasteiger partial charge in [0.25, 0.3) is 0 Å². The Hall–Kier alpha value is -1.38. The Kier molecular flexibility index (Phi) is 17.4. The minimum Gasteiger partial charge on any atom is -0.168 e. The van der Waals surface area contributed by atoms with Crippen molar-refractivity contribution in [3.8, 4) is 0 Å². The Morgan fingerprint density at radius 2 is 0.917 bits per heavy atom. The molecule has 4 aromatic rings. The second kappa shape index (κ2) is 15.2. The fourth-order valence-electron chi connectivity index (χ4n) is 2.14. The van der Waals surface area contributed by atoms with Gasteiger partial charge in [0.1, 0.15) is 0 Å². The molecule has 0 aliphatic rings. The van der Waals surface area contributed by atoms with Crippen molar-refractivity contribution in [3.63, 3.8) is 0 Å². The number of hydrogen-bond donors (Lipinski definition) is 0. The normalized spacial score (nSPS) is 7.79. The molecule has 0 spiro atoms. The van der Waals surface area contributed by atoms with Crippen LogP contribution in [0.3, 0.4) is 0 Å². The molecule has 4 heteroatoms. The van der Waals surface area contributed by atoms with Crippen molar-refractivity contribution in [2.24, 2.45) is 0 Å². The zero-order valence-corrected chi connectivity index (χ0v) is 17.4. The number of hydrogen-bond acceptors (Lipinski definition) is 0. The summed E-state index contributed by atoms with van der Waals surface area (Å²) in [5.74, 6) is 0. The first kappa shape index (κ1) is 27.5. The van der Waals surface area contributed by atoms with Gasteiger partial charge in [0, 0.05) is 0 Å². The molecule has 0 fully saturated rings. The average molecular weight is 420 g/mol. The molecule has 0 atom stereocenters. The predicted octanol–water partition coefficient (Wildman–Crippen LogP) is 5.94. The number of halogens is 2. The van der Waals surface area contributed by atoms with E-state index in [1.165, 1.54) is 44.9 Å². The largest absolute Gasteiger partial charge is 0.168 e. The standard InChI is InChI=1S/2C9H7.2CH3.2FH.Si.Zr/c2*1-2-5-9-7-3-6-8(9)4-1;;;;;;/h2*1-7H;2*1H3;2*1H;;/q4*-1;;;;. The van der Waals surface area contributed by atoms with Gasteiger partial charge in [-0.2, -0.15) is 35.0 Å². The molecule has 0 bridgehead atoms. The minimum absolute atomic E-state index is 0. The van der Waals surface area contributed by atoms with Gasteiger partial charge in [0.2, 0.25) is 0 Å². The molecule has 0 aromatic heterocycles. The van der Waals surface area contributed by atoms with E-state index >= 15 is 0 Å². The van der Waals surface area contributed by atoms with Crippen LogP contribution in [0.5, 0.6) is 0 Å². The predicted molar refractivity (Wildman–Crippen MR) is 103 cm³/mol. The Balaban J connectivity index is -0.000000290. The van der Waals surface area contributed by atoms with Crippen molar-refractivity contribution in [2.45, 2.75) is 0 Å². The van der Waals surface area contributed by atoms with Gasteiger partial charge in [-0.05, 0) is 0 Å². The van der Waals surface area contributed by atoms with Gasteiger partial charge in [-0.3, -0.25) is 9.41 Å². The third kappa shape index (κ3) is 7.46. The van der Waals surface area contributed by atoms with Crippen LogP contribution in [0.15, 0.2) is 84.9 Å². The molecule has 2 radical (unpaired) electrons. The summed E-state index contributed by atoms with van der Waals surface area (Å²) in [6.45, 7) is 3.06. The van der Waals surface area contributed by atoms with Crippen LogP contribution >= 0.6 is 0 Å². The SMILES string of the molecule is F.F.[CH3-].[CH3-].[Si]=[Zr].c1ccc2[cH-]ccc2c1.c1ccc2[cH-]ccc2c1. The van der Waals surface area contributed by atoms with Crippen LogP contribution in [-0.2, 0) is 23.3 Å². The number of benzene rings is 2. The number of fused-ring (bicyclic) bond motifs is 2. The van der Waals surface area contributed by atoms with Gasteiger partial charge in [-0.1, -0.05) is 12.1 Å². The van der Waals surface area contributed by atoms with Gasteiger partial charge in [-0.25, -0.2) is 0 Å². The van der Waals surface area contributed by atoms with E-state index in [4.69, 9.17) is 0 Å². The summed E-state index contributed by atoms with van der Waals surface area (Å²) in [5, 5.41) is 5.32. The molecule has 0 nitrogen and oxygen atoms in total. The Bertz CT molecular complexity index is 651. The van der Waals surface area contributed by atoms with Crippen LogP contribution in [-0.4, -0.2) is 6.88 Å². The van der Waals surface area contributed by atoms with E-state index < -0.39 is 0 Å². The maximum Gasteiger partial charge on any atom is -0.0809 e. The van der Waals surface area contributed by atoms with E-state index in [-0.39, 0.29) is 24.3 Å². The molecule has 0 amide bonds. The minimum atomic E-state index is 0. The molecule has 128 valence electrons. The van der Waals surface area contributed by atoms with Crippen molar-refractivity contribution >= 4 is 28.4 Å². The number of rotatable bonds is 0. The summed E-state index contributed by atoms with van der Waals surface area (Å²) in [6.07, 6.45) is 0. The van der Waals surface area contributed by atoms with Gasteiger partial charge < -0.3 is 14.9 Å². The summed E-state index contributed by atoms with van der Waals surface area (Å²) in [6, 6.07) is 29.3. The third-order valence-electron chi connectivity index (χ3n) is 3.10. The maximum atomic E-state index is 3.06. The van der Waals surface area contributed by atoms with Crippen LogP contribution in [0, 0.1) is 14.9 Å². The van der Waals surface area contributed by atoms with Gasteiger partial charge in [-0.15, -0.1) is 59.3 Å². The van der Waals surface area contributed by atoms with E-state index in [2.05, 4.69) is 91.8 Å². The van der Waals surface area contributed by atoms with Crippen molar-refractivity contribution in [3.05, 3.63) is 99.8 Å². The first-order chi connectivity index (χ1) is 9.93. The molecular weight excluding hydrogens is 398 g/mol. The molecular formula is C20H22F2SiZr-4. The third-order valence-corrected chi connectivity index (χ3v) is 3.10.